The second-order valence-electron chi connectivity index (χ2n) is 6.37. The van der Waals surface area contributed by atoms with Crippen LogP contribution in [0.4, 0.5) is 5.95 Å². The lowest BCUT2D eigenvalue weighted by Crippen LogP contribution is -2.42. The second kappa shape index (κ2) is 6.41. The van der Waals surface area contributed by atoms with E-state index in [4.69, 9.17) is 0 Å². The van der Waals surface area contributed by atoms with Gasteiger partial charge < -0.3 is 9.80 Å². The standard InChI is InChI=1S/C16H26N4O/c1-11(2)13-10-14(18-16(17-13)19(4)5)15(21)20-9-7-6-8-12(20)3/h10-12H,6-9H2,1-5H3. The normalized spacial score (nSPS) is 19.0. The lowest BCUT2D eigenvalue weighted by atomic mass is 10.0. The summed E-state index contributed by atoms with van der Waals surface area (Å²) in [7, 11) is 3.80. The molecule has 0 bridgehead atoms. The molecule has 1 fully saturated rings. The number of nitrogens with zero attached hydrogens (tertiary/aromatic N) is 4. The molecule has 1 atom stereocenters. The summed E-state index contributed by atoms with van der Waals surface area (Å²) in [6.45, 7) is 7.12. The van der Waals surface area contributed by atoms with Gasteiger partial charge in [-0.15, -0.1) is 0 Å². The lowest BCUT2D eigenvalue weighted by molar-refractivity contribution is 0.0629. The third-order valence-electron chi connectivity index (χ3n) is 4.01. The third kappa shape index (κ3) is 3.52. The number of likely N-dealkylation sites (tertiary alicyclic amines) is 1. The fourth-order valence-electron chi connectivity index (χ4n) is 2.61. The van der Waals surface area contributed by atoms with Crippen molar-refractivity contribution in [2.24, 2.45) is 0 Å². The highest BCUT2D eigenvalue weighted by atomic mass is 16.2. The summed E-state index contributed by atoms with van der Waals surface area (Å²) < 4.78 is 0. The van der Waals surface area contributed by atoms with Crippen molar-refractivity contribution in [3.05, 3.63) is 17.5 Å². The van der Waals surface area contributed by atoms with Crippen LogP contribution in [0.2, 0.25) is 0 Å². The van der Waals surface area contributed by atoms with Gasteiger partial charge in [-0.3, -0.25) is 4.79 Å². The van der Waals surface area contributed by atoms with Crippen LogP contribution in [0.25, 0.3) is 0 Å². The first-order valence-corrected chi connectivity index (χ1v) is 7.77. The van der Waals surface area contributed by atoms with E-state index in [0.29, 0.717) is 17.7 Å². The van der Waals surface area contributed by atoms with Crippen LogP contribution in [-0.2, 0) is 0 Å². The van der Waals surface area contributed by atoms with Gasteiger partial charge in [-0.2, -0.15) is 0 Å². The largest absolute Gasteiger partial charge is 0.347 e. The Balaban J connectivity index is 2.35. The third-order valence-corrected chi connectivity index (χ3v) is 4.01. The number of rotatable bonds is 3. The van der Waals surface area contributed by atoms with E-state index in [0.717, 1.165) is 25.1 Å². The Labute approximate surface area is 127 Å². The van der Waals surface area contributed by atoms with Crippen LogP contribution in [0, 0.1) is 0 Å². The first-order valence-electron chi connectivity index (χ1n) is 7.77. The molecular weight excluding hydrogens is 264 g/mol. The van der Waals surface area contributed by atoms with E-state index >= 15 is 0 Å². The van der Waals surface area contributed by atoms with E-state index in [1.807, 2.05) is 30.0 Å². The molecule has 0 spiro atoms. The molecule has 5 heteroatoms. The van der Waals surface area contributed by atoms with E-state index in [9.17, 15) is 4.79 Å². The average Bonchev–Trinajstić information content (AvgIpc) is 2.46. The second-order valence-corrected chi connectivity index (χ2v) is 6.37. The Morgan fingerprint density at radius 1 is 1.33 bits per heavy atom. The summed E-state index contributed by atoms with van der Waals surface area (Å²) in [5.74, 6) is 0.917. The molecule has 21 heavy (non-hydrogen) atoms. The van der Waals surface area contributed by atoms with Crippen LogP contribution in [0.15, 0.2) is 6.07 Å². The zero-order valence-electron chi connectivity index (χ0n) is 13.8. The summed E-state index contributed by atoms with van der Waals surface area (Å²) in [6, 6.07) is 2.15. The molecule has 1 aromatic heterocycles. The van der Waals surface area contributed by atoms with Crippen molar-refractivity contribution in [2.45, 2.75) is 52.0 Å². The first kappa shape index (κ1) is 15.7. The molecule has 5 nitrogen and oxygen atoms in total. The maximum atomic E-state index is 12.8. The number of anilines is 1. The SMILES string of the molecule is CC(C)c1cc(C(=O)N2CCCCC2C)nc(N(C)C)n1. The van der Waals surface area contributed by atoms with E-state index < -0.39 is 0 Å². The topological polar surface area (TPSA) is 49.3 Å². The van der Waals surface area contributed by atoms with E-state index in [1.54, 1.807) is 0 Å². The Bertz CT molecular complexity index is 487. The van der Waals surface area contributed by atoms with Crippen molar-refractivity contribution in [3.63, 3.8) is 0 Å². The molecule has 0 radical (unpaired) electrons. The van der Waals surface area contributed by atoms with Gasteiger partial charge in [0.15, 0.2) is 0 Å². The van der Waals surface area contributed by atoms with Crippen molar-refractivity contribution < 1.29 is 4.79 Å². The quantitative estimate of drug-likeness (QED) is 0.859. The molecule has 0 saturated carbocycles. The number of piperidine rings is 1. The number of amides is 1. The highest BCUT2D eigenvalue weighted by Crippen LogP contribution is 2.21. The van der Waals surface area contributed by atoms with Crippen LogP contribution < -0.4 is 4.90 Å². The summed E-state index contributed by atoms with van der Waals surface area (Å²) in [5, 5.41) is 0. The van der Waals surface area contributed by atoms with Gasteiger partial charge in [0, 0.05) is 32.4 Å². The number of carbonyl (C=O) groups is 1. The van der Waals surface area contributed by atoms with Gasteiger partial charge in [-0.25, -0.2) is 9.97 Å². The molecule has 2 rings (SSSR count). The molecule has 116 valence electrons. The molecule has 1 aliphatic heterocycles. The first-order chi connectivity index (χ1) is 9.90. The van der Waals surface area contributed by atoms with Gasteiger partial charge >= 0.3 is 0 Å². The Kier molecular flexibility index (Phi) is 4.80. The van der Waals surface area contributed by atoms with Gasteiger partial charge in [-0.1, -0.05) is 13.8 Å². The predicted molar refractivity (Wildman–Crippen MR) is 84.8 cm³/mol. The van der Waals surface area contributed by atoms with Gasteiger partial charge in [0.25, 0.3) is 5.91 Å². The van der Waals surface area contributed by atoms with Crippen molar-refractivity contribution >= 4 is 11.9 Å². The van der Waals surface area contributed by atoms with Gasteiger partial charge in [0.2, 0.25) is 5.95 Å². The molecule has 1 unspecified atom stereocenters. The van der Waals surface area contributed by atoms with Crippen molar-refractivity contribution in [1.82, 2.24) is 14.9 Å². The molecule has 0 aliphatic carbocycles. The zero-order valence-corrected chi connectivity index (χ0v) is 13.8. The lowest BCUT2D eigenvalue weighted by Gasteiger charge is -2.33. The highest BCUT2D eigenvalue weighted by molar-refractivity contribution is 5.93. The monoisotopic (exact) mass is 290 g/mol. The fourth-order valence-corrected chi connectivity index (χ4v) is 2.61. The van der Waals surface area contributed by atoms with E-state index in [1.165, 1.54) is 6.42 Å². The molecular formula is C16H26N4O. The molecule has 2 heterocycles. The van der Waals surface area contributed by atoms with Gasteiger partial charge in [-0.05, 0) is 38.2 Å². The Hall–Kier alpha value is -1.65. The van der Waals surface area contributed by atoms with Crippen molar-refractivity contribution in [1.29, 1.82) is 0 Å². The summed E-state index contributed by atoms with van der Waals surface area (Å²) >= 11 is 0. The highest BCUT2D eigenvalue weighted by Gasteiger charge is 2.26. The van der Waals surface area contributed by atoms with Crippen molar-refractivity contribution in [2.75, 3.05) is 25.5 Å². The van der Waals surface area contributed by atoms with Crippen LogP contribution in [0.5, 0.6) is 0 Å². The van der Waals surface area contributed by atoms with Crippen LogP contribution in [-0.4, -0.2) is 47.5 Å². The molecule has 1 saturated heterocycles. The number of aromatic nitrogens is 2. The molecule has 1 amide bonds. The molecule has 1 aromatic rings. The van der Waals surface area contributed by atoms with Crippen molar-refractivity contribution in [3.8, 4) is 0 Å². The minimum absolute atomic E-state index is 0.0367. The number of hydrogen-bond donors (Lipinski definition) is 0. The Morgan fingerprint density at radius 3 is 2.62 bits per heavy atom. The van der Waals surface area contributed by atoms with Crippen LogP contribution in [0.3, 0.4) is 0 Å². The predicted octanol–water partition coefficient (Wildman–Crippen LogP) is 2.68. The zero-order chi connectivity index (χ0) is 15.6. The average molecular weight is 290 g/mol. The molecule has 0 aromatic carbocycles. The minimum atomic E-state index is 0.0367. The minimum Gasteiger partial charge on any atom is -0.347 e. The van der Waals surface area contributed by atoms with Crippen LogP contribution >= 0.6 is 0 Å². The summed E-state index contributed by atoms with van der Waals surface area (Å²) in [5.41, 5.74) is 1.44. The summed E-state index contributed by atoms with van der Waals surface area (Å²) in [6.07, 6.45) is 3.36. The number of carbonyl (C=O) groups excluding carboxylic acids is 1. The maximum Gasteiger partial charge on any atom is 0.272 e. The van der Waals surface area contributed by atoms with Gasteiger partial charge in [0.1, 0.15) is 5.69 Å². The molecule has 0 N–H and O–H groups in total. The fraction of sp³-hybridized carbons (Fsp3) is 0.688. The van der Waals surface area contributed by atoms with Gasteiger partial charge in [0.05, 0.1) is 0 Å². The van der Waals surface area contributed by atoms with Crippen LogP contribution in [0.1, 0.15) is 62.1 Å². The Morgan fingerprint density at radius 2 is 2.05 bits per heavy atom. The van der Waals surface area contributed by atoms with E-state index in [2.05, 4.69) is 30.7 Å². The maximum absolute atomic E-state index is 12.8. The summed E-state index contributed by atoms with van der Waals surface area (Å²) in [4.78, 5) is 25.6. The van der Waals surface area contributed by atoms with E-state index in [-0.39, 0.29) is 11.8 Å². The smallest absolute Gasteiger partial charge is 0.272 e. The number of hydrogen-bond acceptors (Lipinski definition) is 4. The molecule has 1 aliphatic rings.